The maximum Gasteiger partial charge on any atom is 0.339 e. The van der Waals surface area contributed by atoms with Gasteiger partial charge in [0, 0.05) is 5.56 Å². The molecule has 0 aliphatic heterocycles. The molecule has 1 aromatic heterocycles. The first-order chi connectivity index (χ1) is 17.8. The van der Waals surface area contributed by atoms with Crippen LogP contribution in [0.3, 0.4) is 0 Å². The van der Waals surface area contributed by atoms with Gasteiger partial charge in [0.1, 0.15) is 17.0 Å². The zero-order valence-electron chi connectivity index (χ0n) is 21.3. The van der Waals surface area contributed by atoms with E-state index in [0.29, 0.717) is 29.2 Å². The first-order valence-corrected chi connectivity index (χ1v) is 12.1. The molecule has 0 fully saturated rings. The van der Waals surface area contributed by atoms with Crippen molar-refractivity contribution in [2.75, 3.05) is 13.8 Å². The van der Waals surface area contributed by atoms with Gasteiger partial charge in [-0.15, -0.1) is 0 Å². The number of aromatic carboxylic acids is 1. The van der Waals surface area contributed by atoms with Gasteiger partial charge in [0.15, 0.2) is 0 Å². The zero-order valence-corrected chi connectivity index (χ0v) is 21.3. The normalized spacial score (nSPS) is 12.2. The van der Waals surface area contributed by atoms with Gasteiger partial charge < -0.3 is 20.5 Å². The van der Waals surface area contributed by atoms with Crippen LogP contribution in [0.2, 0.25) is 0 Å². The number of benzene rings is 1. The van der Waals surface area contributed by atoms with Crippen LogP contribution < -0.4 is 15.4 Å². The van der Waals surface area contributed by atoms with Crippen LogP contribution in [0.4, 0.5) is 0 Å². The quantitative estimate of drug-likeness (QED) is 0.0928. The maximum absolute atomic E-state index is 12.9. The number of carboxylic acids is 1. The van der Waals surface area contributed by atoms with Gasteiger partial charge in [-0.05, 0) is 43.2 Å². The molecule has 0 radical (unpaired) electrons. The Bertz CT molecular complexity index is 1090. The van der Waals surface area contributed by atoms with E-state index in [4.69, 9.17) is 4.74 Å². The average molecular weight is 515 g/mol. The van der Waals surface area contributed by atoms with Gasteiger partial charge in [-0.2, -0.15) is 0 Å². The first kappa shape index (κ1) is 29.2. The molecule has 2 atom stereocenters. The molecule has 1 aromatic carbocycles. The third kappa shape index (κ3) is 8.01. The van der Waals surface area contributed by atoms with Gasteiger partial charge in [0.2, 0.25) is 12.3 Å². The second-order valence-electron chi connectivity index (χ2n) is 8.42. The number of methoxy groups -OCH3 is 1. The summed E-state index contributed by atoms with van der Waals surface area (Å²) >= 11 is 0. The predicted octanol–water partition coefficient (Wildman–Crippen LogP) is 3.08. The summed E-state index contributed by atoms with van der Waals surface area (Å²) in [4.78, 5) is 52.5. The Labute approximate surface area is 215 Å². The molecule has 0 spiro atoms. The van der Waals surface area contributed by atoms with Crippen molar-refractivity contribution in [1.82, 2.24) is 20.7 Å². The molecule has 2 unspecified atom stereocenters. The summed E-state index contributed by atoms with van der Waals surface area (Å²) in [5.74, 6) is -2.51. The molecule has 11 nitrogen and oxygen atoms in total. The van der Waals surface area contributed by atoms with Gasteiger partial charge >= 0.3 is 5.97 Å². The van der Waals surface area contributed by atoms with Crippen LogP contribution in [0, 0.1) is 5.92 Å². The summed E-state index contributed by atoms with van der Waals surface area (Å²) in [6, 6.07) is 8.65. The van der Waals surface area contributed by atoms with E-state index in [0.717, 1.165) is 19.3 Å². The molecular formula is C26H34N4O7. The number of hydrogen-bond acceptors (Lipinski definition) is 7. The summed E-state index contributed by atoms with van der Waals surface area (Å²) in [5.41, 5.74) is 0.924. The van der Waals surface area contributed by atoms with Crippen molar-refractivity contribution >= 4 is 24.2 Å². The highest BCUT2D eigenvalue weighted by Crippen LogP contribution is 2.26. The second kappa shape index (κ2) is 14.5. The first-order valence-electron chi connectivity index (χ1n) is 12.1. The molecule has 11 heteroatoms. The molecule has 2 aromatic rings. The topological polar surface area (TPSA) is 158 Å². The van der Waals surface area contributed by atoms with Crippen molar-refractivity contribution in [1.29, 1.82) is 0 Å². The second-order valence-corrected chi connectivity index (χ2v) is 8.42. The summed E-state index contributed by atoms with van der Waals surface area (Å²) < 4.78 is 5.07. The number of nitrogens with zero attached hydrogens (tertiary/aromatic N) is 2. The molecule has 4 N–H and O–H groups in total. The van der Waals surface area contributed by atoms with Crippen LogP contribution in [-0.2, 0) is 9.59 Å². The number of unbranched alkanes of at least 4 members (excludes halogenated alkanes) is 2. The highest BCUT2D eigenvalue weighted by molar-refractivity contribution is 5.94. The van der Waals surface area contributed by atoms with E-state index >= 15 is 0 Å². The number of ether oxygens (including phenoxy) is 1. The molecule has 0 aliphatic carbocycles. The van der Waals surface area contributed by atoms with Gasteiger partial charge in [0.05, 0.1) is 31.4 Å². The Morgan fingerprint density at radius 2 is 1.89 bits per heavy atom. The Kier molecular flexibility index (Phi) is 11.5. The molecule has 2 rings (SSSR count). The Hall–Kier alpha value is -3.99. The monoisotopic (exact) mass is 514 g/mol. The van der Waals surface area contributed by atoms with Gasteiger partial charge in [-0.1, -0.05) is 39.2 Å². The lowest BCUT2D eigenvalue weighted by Gasteiger charge is -2.29. The SMILES string of the molecule is CCCCCC(C(=O)NCNC(=O)c1cccc(-c2ccc(OC)c(C(=O)O)c2)n1)C(CC)N(O)C=O. The molecule has 200 valence electrons. The third-order valence-corrected chi connectivity index (χ3v) is 6.00. The van der Waals surface area contributed by atoms with Gasteiger partial charge in [-0.3, -0.25) is 19.6 Å². The Morgan fingerprint density at radius 3 is 2.51 bits per heavy atom. The van der Waals surface area contributed by atoms with Crippen molar-refractivity contribution < 1.29 is 34.2 Å². The minimum atomic E-state index is -1.15. The molecule has 37 heavy (non-hydrogen) atoms. The van der Waals surface area contributed by atoms with E-state index in [9.17, 15) is 29.5 Å². The Balaban J connectivity index is 2.08. The van der Waals surface area contributed by atoms with Crippen LogP contribution in [0.15, 0.2) is 36.4 Å². The number of aromatic nitrogens is 1. The van der Waals surface area contributed by atoms with E-state index in [2.05, 4.69) is 15.6 Å². The Morgan fingerprint density at radius 1 is 1.14 bits per heavy atom. The zero-order chi connectivity index (χ0) is 27.4. The number of amides is 3. The van der Waals surface area contributed by atoms with Crippen molar-refractivity contribution in [2.45, 2.75) is 52.0 Å². The highest BCUT2D eigenvalue weighted by atomic mass is 16.5. The summed E-state index contributed by atoms with van der Waals surface area (Å²) in [6.07, 6.45) is 3.79. The lowest BCUT2D eigenvalue weighted by molar-refractivity contribution is -0.168. The predicted molar refractivity (Wildman–Crippen MR) is 135 cm³/mol. The minimum absolute atomic E-state index is 0.0331. The van der Waals surface area contributed by atoms with Gasteiger partial charge in [-0.25, -0.2) is 14.8 Å². The number of carboxylic acid groups (broad SMARTS) is 1. The molecule has 0 saturated heterocycles. The summed E-state index contributed by atoms with van der Waals surface area (Å²) in [6.45, 7) is 3.64. The van der Waals surface area contributed by atoms with E-state index < -0.39 is 23.8 Å². The fourth-order valence-corrected chi connectivity index (χ4v) is 4.04. The van der Waals surface area contributed by atoms with Crippen LogP contribution in [-0.4, -0.2) is 64.4 Å². The molecule has 0 saturated carbocycles. The van der Waals surface area contributed by atoms with Crippen LogP contribution in [0.1, 0.15) is 66.8 Å². The molecule has 0 bridgehead atoms. The number of hydrogen-bond donors (Lipinski definition) is 4. The van der Waals surface area contributed by atoms with E-state index in [1.165, 1.54) is 25.3 Å². The van der Waals surface area contributed by atoms with Crippen molar-refractivity contribution in [3.8, 4) is 17.0 Å². The molecule has 1 heterocycles. The lowest BCUT2D eigenvalue weighted by atomic mass is 9.90. The lowest BCUT2D eigenvalue weighted by Crippen LogP contribution is -2.47. The molecule has 3 amide bonds. The third-order valence-electron chi connectivity index (χ3n) is 6.00. The standard InChI is InChI=1S/C26H34N4O7/c1-4-6-7-9-18(22(5-2)30(36)16-31)24(32)27-15-28-25(33)21-11-8-10-20(29-21)17-12-13-23(37-3)19(14-17)26(34)35/h8,10-14,16,18,22,36H,4-7,9,15H2,1-3H3,(H,27,32)(H,28,33)(H,34,35). The minimum Gasteiger partial charge on any atom is -0.496 e. The molecular weight excluding hydrogens is 480 g/mol. The molecule has 0 aliphatic rings. The number of nitrogens with one attached hydrogen (secondary N) is 2. The van der Waals surface area contributed by atoms with Gasteiger partial charge in [0.25, 0.3) is 5.91 Å². The maximum atomic E-state index is 12.9. The largest absolute Gasteiger partial charge is 0.496 e. The number of rotatable bonds is 15. The van der Waals surface area contributed by atoms with Crippen molar-refractivity contribution in [3.05, 3.63) is 47.7 Å². The fourth-order valence-electron chi connectivity index (χ4n) is 4.04. The van der Waals surface area contributed by atoms with E-state index in [1.807, 2.05) is 6.92 Å². The summed E-state index contributed by atoms with van der Waals surface area (Å²) in [7, 11) is 1.38. The van der Waals surface area contributed by atoms with Crippen LogP contribution in [0.5, 0.6) is 5.75 Å². The van der Waals surface area contributed by atoms with Crippen LogP contribution in [0.25, 0.3) is 11.3 Å². The number of carbonyl (C=O) groups excluding carboxylic acids is 3. The average Bonchev–Trinajstić information content (AvgIpc) is 2.91. The van der Waals surface area contributed by atoms with E-state index in [1.54, 1.807) is 25.1 Å². The van der Waals surface area contributed by atoms with Crippen LogP contribution >= 0.6 is 0 Å². The smallest absolute Gasteiger partial charge is 0.339 e. The van der Waals surface area contributed by atoms with Crippen molar-refractivity contribution in [3.63, 3.8) is 0 Å². The summed E-state index contributed by atoms with van der Waals surface area (Å²) in [5, 5.41) is 25.1. The number of hydroxylamine groups is 2. The number of pyridine rings is 1. The fraction of sp³-hybridized carbons (Fsp3) is 0.423. The highest BCUT2D eigenvalue weighted by Gasteiger charge is 2.30. The van der Waals surface area contributed by atoms with E-state index in [-0.39, 0.29) is 36.0 Å². The van der Waals surface area contributed by atoms with Crippen molar-refractivity contribution in [2.24, 2.45) is 5.92 Å². The number of carbonyl (C=O) groups is 4.